The fraction of sp³-hybridized carbons (Fsp3) is 1.00. The Morgan fingerprint density at radius 2 is 0.323 bits per heavy atom. The van der Waals surface area contributed by atoms with E-state index in [1.54, 1.807) is 0 Å². The molecule has 0 fully saturated rings. The van der Waals surface area contributed by atoms with Gasteiger partial charge in [0.05, 0.1) is 0 Å². The van der Waals surface area contributed by atoms with Gasteiger partial charge in [-0.05, 0) is 0 Å². The molecule has 0 amide bonds. The minimum atomic E-state index is 0. The van der Waals surface area contributed by atoms with Crippen molar-refractivity contribution in [2.75, 3.05) is 39.6 Å². The fourth-order valence-corrected chi connectivity index (χ4v) is 0. The van der Waals surface area contributed by atoms with Crippen LogP contribution in [0, 0.1) is 35.5 Å². The molecule has 0 saturated carbocycles. The van der Waals surface area contributed by atoms with E-state index in [1.807, 2.05) is 83.1 Å². The van der Waals surface area contributed by atoms with E-state index in [9.17, 15) is 30.6 Å². The van der Waals surface area contributed by atoms with E-state index in [-0.39, 0.29) is 60.7 Å². The molecule has 0 heterocycles. The zero-order valence-electron chi connectivity index (χ0n) is 22.6. The maximum atomic E-state index is 9.63. The average molecular weight is 623 g/mol. The molecule has 0 radical (unpaired) electrons. The molecular weight excluding hydrogens is 568 g/mol. The van der Waals surface area contributed by atoms with Gasteiger partial charge in [-0.3, -0.25) is 0 Å². The van der Waals surface area contributed by atoms with Crippen molar-refractivity contribution in [1.82, 2.24) is 0 Å². The second-order valence-corrected chi connectivity index (χ2v) is 9.36. The van der Waals surface area contributed by atoms with E-state index in [0.29, 0.717) is 35.5 Å². The molecule has 0 aromatic carbocycles. The van der Waals surface area contributed by atoms with Crippen LogP contribution in [0.1, 0.15) is 83.1 Å². The van der Waals surface area contributed by atoms with Crippen molar-refractivity contribution in [3.8, 4) is 0 Å². The average Bonchev–Trinajstić information content (AvgIpc) is 2.69. The summed E-state index contributed by atoms with van der Waals surface area (Å²) in [4.78, 5) is 0. The van der Waals surface area contributed by atoms with Crippen LogP contribution in [-0.2, 0) is 21.1 Å². The second-order valence-electron chi connectivity index (χ2n) is 9.36. The quantitative estimate of drug-likeness (QED) is 0.410. The predicted octanol–water partition coefficient (Wildman–Crippen LogP) is 0.0137. The molecule has 7 heteroatoms. The second kappa shape index (κ2) is 44.2. The van der Waals surface area contributed by atoms with E-state index >= 15 is 0 Å². The van der Waals surface area contributed by atoms with Crippen LogP contribution in [0.2, 0.25) is 0 Å². The molecule has 0 aromatic rings. The summed E-state index contributed by atoms with van der Waals surface area (Å²) < 4.78 is 0. The van der Waals surface area contributed by atoms with E-state index in [4.69, 9.17) is 0 Å². The van der Waals surface area contributed by atoms with Crippen LogP contribution in [0.25, 0.3) is 0 Å². The number of hydrogen-bond donors (Lipinski definition) is 0. The molecule has 0 atom stereocenters. The summed E-state index contributed by atoms with van der Waals surface area (Å²) >= 11 is 0. The van der Waals surface area contributed by atoms with Crippen molar-refractivity contribution in [2.45, 2.75) is 83.1 Å². The summed E-state index contributed by atoms with van der Waals surface area (Å²) in [5.74, 6) is 1.97. The summed E-state index contributed by atoms with van der Waals surface area (Å²) in [6, 6.07) is 0. The van der Waals surface area contributed by atoms with E-state index in [0.717, 1.165) is 0 Å². The van der Waals surface area contributed by atoms with Gasteiger partial charge in [0, 0.05) is 21.1 Å². The molecule has 0 spiro atoms. The van der Waals surface area contributed by atoms with E-state index in [2.05, 4.69) is 0 Å². The van der Waals surface area contributed by atoms with Crippen LogP contribution in [-0.4, -0.2) is 39.6 Å². The predicted molar refractivity (Wildman–Crippen MR) is 118 cm³/mol. The van der Waals surface area contributed by atoms with Crippen LogP contribution >= 0.6 is 0 Å². The third-order valence-electron chi connectivity index (χ3n) is 2.00. The largest absolute Gasteiger partial charge is 0.854 e. The Bertz CT molecular complexity index is 174. The molecule has 0 N–H and O–H groups in total. The first-order valence-electron chi connectivity index (χ1n) is 11.1. The molecule has 0 rings (SSSR count). The van der Waals surface area contributed by atoms with E-state index < -0.39 is 0 Å². The monoisotopic (exact) mass is 622 g/mol. The number of rotatable bonds is 6. The Morgan fingerprint density at radius 3 is 0.323 bits per heavy atom. The van der Waals surface area contributed by atoms with Crippen LogP contribution in [0.4, 0.5) is 0 Å². The first kappa shape index (κ1) is 48.8. The van der Waals surface area contributed by atoms with Gasteiger partial charge in [0.15, 0.2) is 0 Å². The molecule has 6 nitrogen and oxygen atoms in total. The molecule has 0 saturated heterocycles. The van der Waals surface area contributed by atoms with Gasteiger partial charge >= 0.3 is 0 Å². The van der Waals surface area contributed by atoms with Gasteiger partial charge in [-0.15, -0.1) is 39.6 Å². The van der Waals surface area contributed by atoms with Gasteiger partial charge in [-0.2, -0.15) is 0 Å². The fourth-order valence-electron chi connectivity index (χ4n) is 0. The zero-order chi connectivity index (χ0) is 25.7. The summed E-state index contributed by atoms with van der Waals surface area (Å²) in [5.41, 5.74) is 0. The summed E-state index contributed by atoms with van der Waals surface area (Å²) in [6.07, 6.45) is 0. The standard InChI is InChI=1S/6C4H9O.W/c6*1-4(2)3-5;/h6*4H,3H2,1-2H3;/q6*-1;. The Hall–Kier alpha value is 0.448. The summed E-state index contributed by atoms with van der Waals surface area (Å²) in [6.45, 7) is 23.2. The van der Waals surface area contributed by atoms with Gasteiger partial charge in [-0.1, -0.05) is 119 Å². The van der Waals surface area contributed by atoms with Gasteiger partial charge in [0.1, 0.15) is 0 Å². The molecule has 0 aromatic heterocycles. The molecular formula is C24H54O6W-6. The molecule has 0 unspecified atom stereocenters. The smallest absolute Gasteiger partial charge is 0 e. The van der Waals surface area contributed by atoms with Crippen LogP contribution in [0.3, 0.4) is 0 Å². The summed E-state index contributed by atoms with van der Waals surface area (Å²) in [5, 5.41) is 57.8. The van der Waals surface area contributed by atoms with Crippen molar-refractivity contribution in [3.63, 3.8) is 0 Å². The van der Waals surface area contributed by atoms with Crippen LogP contribution in [0.5, 0.6) is 0 Å². The van der Waals surface area contributed by atoms with Crippen LogP contribution < -0.4 is 30.6 Å². The zero-order valence-corrected chi connectivity index (χ0v) is 25.5. The third kappa shape index (κ3) is 159. The third-order valence-corrected chi connectivity index (χ3v) is 2.00. The van der Waals surface area contributed by atoms with Gasteiger partial charge < -0.3 is 30.6 Å². The number of hydrogen-bond acceptors (Lipinski definition) is 6. The van der Waals surface area contributed by atoms with Crippen molar-refractivity contribution in [2.24, 2.45) is 35.5 Å². The normalized spacial score (nSPS) is 9.29. The Balaban J connectivity index is -0.0000000443. The van der Waals surface area contributed by atoms with Crippen LogP contribution in [0.15, 0.2) is 0 Å². The first-order chi connectivity index (χ1) is 13.6. The molecule has 0 aliphatic rings. The Kier molecular flexibility index (Phi) is 69.5. The molecule has 31 heavy (non-hydrogen) atoms. The first-order valence-corrected chi connectivity index (χ1v) is 11.1. The van der Waals surface area contributed by atoms with Gasteiger partial charge in [0.2, 0.25) is 0 Å². The molecule has 0 aliphatic heterocycles. The SMILES string of the molecule is CC(C)C[O-].CC(C)C[O-].CC(C)C[O-].CC(C)C[O-].CC(C)C[O-].CC(C)C[O-].[W]. The summed E-state index contributed by atoms with van der Waals surface area (Å²) in [7, 11) is 0. The minimum Gasteiger partial charge on any atom is -0.854 e. The van der Waals surface area contributed by atoms with Crippen molar-refractivity contribution >= 4 is 0 Å². The van der Waals surface area contributed by atoms with Gasteiger partial charge in [0.25, 0.3) is 0 Å². The molecule has 0 bridgehead atoms. The maximum Gasteiger partial charge on any atom is 0 e. The van der Waals surface area contributed by atoms with Crippen molar-refractivity contribution in [1.29, 1.82) is 0 Å². The molecule has 0 aliphatic carbocycles. The maximum absolute atomic E-state index is 9.63. The van der Waals surface area contributed by atoms with Crippen molar-refractivity contribution < 1.29 is 51.7 Å². The topological polar surface area (TPSA) is 138 Å². The Morgan fingerprint density at radius 1 is 0.290 bits per heavy atom. The van der Waals surface area contributed by atoms with E-state index in [1.165, 1.54) is 0 Å². The minimum absolute atomic E-state index is 0. The van der Waals surface area contributed by atoms with Gasteiger partial charge in [-0.25, -0.2) is 0 Å². The molecule has 198 valence electrons. The Labute approximate surface area is 209 Å². The van der Waals surface area contributed by atoms with Crippen molar-refractivity contribution in [3.05, 3.63) is 0 Å².